The van der Waals surface area contributed by atoms with Gasteiger partial charge in [0.1, 0.15) is 6.04 Å². The van der Waals surface area contributed by atoms with Crippen molar-refractivity contribution in [2.24, 2.45) is 5.73 Å². The van der Waals surface area contributed by atoms with E-state index in [9.17, 15) is 4.79 Å². The molecular formula is C11H15NO2. The minimum Gasteiger partial charge on any atom is -0.462 e. The summed E-state index contributed by atoms with van der Waals surface area (Å²) in [6.07, 6.45) is -3.37. The monoisotopic (exact) mass is 200 g/mol. The minimum atomic E-state index is -3.37. The second-order valence-corrected chi connectivity index (χ2v) is 2.64. The summed E-state index contributed by atoms with van der Waals surface area (Å²) in [5, 5.41) is 0. The largest absolute Gasteiger partial charge is 0.462 e. The van der Waals surface area contributed by atoms with Gasteiger partial charge in [-0.05, 0) is 19.3 Å². The first-order chi connectivity index (χ1) is 9.40. The Balaban J connectivity index is 3.03. The van der Waals surface area contributed by atoms with Gasteiger partial charge in [-0.15, -0.1) is 0 Å². The van der Waals surface area contributed by atoms with E-state index in [1.54, 1.807) is 18.2 Å². The zero-order chi connectivity index (χ0) is 16.5. The Labute approximate surface area is 93.7 Å². The van der Waals surface area contributed by atoms with Gasteiger partial charge in [-0.25, -0.2) is 4.79 Å². The van der Waals surface area contributed by atoms with Crippen LogP contribution in [0, 0.1) is 0 Å². The number of hydrogen-bond acceptors (Lipinski definition) is 3. The van der Waals surface area contributed by atoms with E-state index in [1.807, 2.05) is 0 Å². The molecule has 76 valence electrons. The van der Waals surface area contributed by atoms with Crippen LogP contribution in [-0.4, -0.2) is 12.0 Å². The molecule has 0 heterocycles. The first-order valence-electron chi connectivity index (χ1n) is 7.43. The van der Waals surface area contributed by atoms with Crippen molar-refractivity contribution < 1.29 is 19.1 Å². The molecule has 0 bridgehead atoms. The highest BCUT2D eigenvalue weighted by molar-refractivity contribution is 5.77. The van der Waals surface area contributed by atoms with Crippen LogP contribution in [-0.2, 0) is 9.53 Å². The third kappa shape index (κ3) is 2.85. The molecule has 1 atom stereocenters. The van der Waals surface area contributed by atoms with Crippen molar-refractivity contribution in [3.05, 3.63) is 35.9 Å². The maximum absolute atomic E-state index is 11.9. The molecule has 0 aromatic heterocycles. The maximum Gasteiger partial charge on any atom is 0.327 e. The Kier molecular flexibility index (Phi) is 1.51. The standard InChI is InChI=1S/C11H15NO2/c1-8(2)14-11(13)10(12)9-6-4-3-5-7-9/h3-8,10H,12H2,1-2H3/t10-/m0/s1/i1D3,2D3,8D. The van der Waals surface area contributed by atoms with Gasteiger partial charge in [-0.1, -0.05) is 30.3 Å². The van der Waals surface area contributed by atoms with Crippen LogP contribution >= 0.6 is 0 Å². The van der Waals surface area contributed by atoms with Crippen LogP contribution in [0.15, 0.2) is 30.3 Å². The SMILES string of the molecule is [2H]C([2H])([2H])C([2H])(OC(=O)[C@@H](N)c1ccccc1)C([2H])([2H])[2H]. The number of carbonyl (C=O) groups is 1. The molecule has 2 N–H and O–H groups in total. The lowest BCUT2D eigenvalue weighted by Gasteiger charge is -2.13. The summed E-state index contributed by atoms with van der Waals surface area (Å²) >= 11 is 0. The smallest absolute Gasteiger partial charge is 0.327 e. The van der Waals surface area contributed by atoms with E-state index in [1.165, 1.54) is 12.1 Å². The molecule has 3 heteroatoms. The lowest BCUT2D eigenvalue weighted by atomic mass is 10.1. The highest BCUT2D eigenvalue weighted by atomic mass is 16.5. The lowest BCUT2D eigenvalue weighted by Crippen LogP contribution is -2.25. The fourth-order valence-corrected chi connectivity index (χ4v) is 0.961. The van der Waals surface area contributed by atoms with Crippen LogP contribution in [0.4, 0.5) is 0 Å². The van der Waals surface area contributed by atoms with Crippen molar-refractivity contribution in [3.8, 4) is 0 Å². The molecule has 1 aromatic carbocycles. The van der Waals surface area contributed by atoms with Gasteiger partial charge in [0.25, 0.3) is 0 Å². The normalized spacial score (nSPS) is 22.5. The van der Waals surface area contributed by atoms with Crippen LogP contribution in [0.3, 0.4) is 0 Å². The number of carbonyl (C=O) groups excluding carboxylic acids is 1. The molecular weight excluding hydrogens is 178 g/mol. The van der Waals surface area contributed by atoms with Crippen molar-refractivity contribution in [1.82, 2.24) is 0 Å². The molecule has 0 radical (unpaired) electrons. The number of nitrogens with two attached hydrogens (primary N) is 1. The van der Waals surface area contributed by atoms with E-state index in [-0.39, 0.29) is 0 Å². The van der Waals surface area contributed by atoms with Crippen molar-refractivity contribution in [2.45, 2.75) is 25.8 Å². The van der Waals surface area contributed by atoms with Gasteiger partial charge in [0, 0.05) is 8.22 Å². The van der Waals surface area contributed by atoms with Crippen LogP contribution in [0.2, 0.25) is 0 Å². The average Bonchev–Trinajstić information content (AvgIpc) is 2.36. The quantitative estimate of drug-likeness (QED) is 0.755. The molecule has 0 aliphatic heterocycles. The van der Waals surface area contributed by atoms with E-state index in [4.69, 9.17) is 15.3 Å². The van der Waals surface area contributed by atoms with Gasteiger partial charge < -0.3 is 10.5 Å². The Morgan fingerprint density at radius 1 is 1.50 bits per heavy atom. The van der Waals surface area contributed by atoms with Crippen molar-refractivity contribution in [2.75, 3.05) is 0 Å². The lowest BCUT2D eigenvalue weighted by molar-refractivity contribution is -0.149. The Hall–Kier alpha value is -1.35. The second kappa shape index (κ2) is 4.77. The predicted octanol–water partition coefficient (Wildman–Crippen LogP) is 1.64. The summed E-state index contributed by atoms with van der Waals surface area (Å²) in [6, 6.07) is 6.51. The molecule has 1 aromatic rings. The highest BCUT2D eigenvalue weighted by Crippen LogP contribution is 2.11. The number of esters is 1. The number of hydrogen-bond donors (Lipinski definition) is 1. The van der Waals surface area contributed by atoms with Gasteiger partial charge in [-0.3, -0.25) is 0 Å². The van der Waals surface area contributed by atoms with Crippen molar-refractivity contribution in [3.63, 3.8) is 0 Å². The molecule has 1 rings (SSSR count). The summed E-state index contributed by atoms with van der Waals surface area (Å²) in [5.74, 6) is -1.29. The van der Waals surface area contributed by atoms with E-state index in [2.05, 4.69) is 4.74 Å². The van der Waals surface area contributed by atoms with Crippen LogP contribution in [0.5, 0.6) is 0 Å². The van der Waals surface area contributed by atoms with Gasteiger partial charge in [-0.2, -0.15) is 0 Å². The fraction of sp³-hybridized carbons (Fsp3) is 0.364. The van der Waals surface area contributed by atoms with Gasteiger partial charge in [0.05, 0.1) is 7.45 Å². The Morgan fingerprint density at radius 3 is 2.71 bits per heavy atom. The van der Waals surface area contributed by atoms with E-state index in [0.717, 1.165) is 0 Å². The third-order valence-electron chi connectivity index (χ3n) is 1.62. The Morgan fingerprint density at radius 2 is 2.14 bits per heavy atom. The predicted molar refractivity (Wildman–Crippen MR) is 54.6 cm³/mol. The molecule has 0 saturated carbocycles. The van der Waals surface area contributed by atoms with Gasteiger partial charge in [0.2, 0.25) is 0 Å². The molecule has 0 fully saturated rings. The summed E-state index contributed by atoms with van der Waals surface area (Å²) in [6.45, 7) is -6.69. The third-order valence-corrected chi connectivity index (χ3v) is 1.62. The van der Waals surface area contributed by atoms with Crippen LogP contribution < -0.4 is 5.73 Å². The summed E-state index contributed by atoms with van der Waals surface area (Å²) in [7, 11) is 0. The maximum atomic E-state index is 11.9. The van der Waals surface area contributed by atoms with Gasteiger partial charge >= 0.3 is 5.97 Å². The number of rotatable bonds is 3. The zero-order valence-corrected chi connectivity index (χ0v) is 7.36. The molecule has 0 spiro atoms. The minimum absolute atomic E-state index is 0.320. The molecule has 14 heavy (non-hydrogen) atoms. The molecule has 3 nitrogen and oxygen atoms in total. The van der Waals surface area contributed by atoms with E-state index < -0.39 is 31.8 Å². The van der Waals surface area contributed by atoms with Crippen molar-refractivity contribution in [1.29, 1.82) is 0 Å². The summed E-state index contributed by atoms with van der Waals surface area (Å²) in [5.41, 5.74) is 5.93. The first-order valence-corrected chi connectivity index (χ1v) is 3.93. The van der Waals surface area contributed by atoms with Crippen LogP contribution in [0.25, 0.3) is 0 Å². The average molecular weight is 200 g/mol. The van der Waals surface area contributed by atoms with Gasteiger partial charge in [0.15, 0.2) is 0 Å². The first kappa shape index (κ1) is 4.45. The molecule has 0 aliphatic rings. The Bertz CT molecular complexity index is 484. The van der Waals surface area contributed by atoms with Crippen molar-refractivity contribution >= 4 is 5.97 Å². The molecule has 0 aliphatic carbocycles. The van der Waals surface area contributed by atoms with E-state index >= 15 is 0 Å². The summed E-state index contributed by atoms with van der Waals surface area (Å²) < 4.78 is 54.9. The number of benzene rings is 1. The van der Waals surface area contributed by atoms with Crippen LogP contribution in [0.1, 0.15) is 34.9 Å². The summed E-state index contributed by atoms with van der Waals surface area (Å²) in [4.78, 5) is 11.9. The van der Waals surface area contributed by atoms with E-state index in [0.29, 0.717) is 5.56 Å². The molecule has 0 unspecified atom stereocenters. The fourth-order valence-electron chi connectivity index (χ4n) is 0.961. The molecule has 0 amide bonds. The second-order valence-electron chi connectivity index (χ2n) is 2.64. The highest BCUT2D eigenvalue weighted by Gasteiger charge is 2.17. The molecule has 0 saturated heterocycles. The zero-order valence-electron chi connectivity index (χ0n) is 14.4. The topological polar surface area (TPSA) is 52.3 Å². The number of ether oxygens (including phenoxy) is 1.